The van der Waals surface area contributed by atoms with Crippen molar-refractivity contribution in [2.24, 2.45) is 0 Å². The zero-order valence-electron chi connectivity index (χ0n) is 16.8. The minimum atomic E-state index is -1.10. The molecule has 1 saturated carbocycles. The van der Waals surface area contributed by atoms with Crippen molar-refractivity contribution < 1.29 is 9.47 Å². The summed E-state index contributed by atoms with van der Waals surface area (Å²) in [5.74, 6) is 1.53. The summed E-state index contributed by atoms with van der Waals surface area (Å²) in [7, 11) is 0.508. The van der Waals surface area contributed by atoms with Crippen LogP contribution < -0.4 is 4.74 Å². The van der Waals surface area contributed by atoms with E-state index in [1.165, 1.54) is 0 Å². The van der Waals surface area contributed by atoms with Gasteiger partial charge < -0.3 is 9.47 Å². The van der Waals surface area contributed by atoms with Crippen molar-refractivity contribution in [2.45, 2.75) is 51.2 Å². The second kappa shape index (κ2) is 7.55. The first-order valence-corrected chi connectivity index (χ1v) is 13.3. The Morgan fingerprint density at radius 1 is 1.14 bits per heavy atom. The average molecular weight is 399 g/mol. The molecular formula is C19H26N6O2Si. The molecule has 3 aromatic rings. The molecule has 0 bridgehead atoms. The zero-order valence-corrected chi connectivity index (χ0v) is 17.8. The van der Waals surface area contributed by atoms with E-state index < -0.39 is 8.07 Å². The van der Waals surface area contributed by atoms with Gasteiger partial charge in [0.05, 0.1) is 25.2 Å². The Balaban J connectivity index is 1.59. The van der Waals surface area contributed by atoms with Crippen LogP contribution in [0.4, 0.5) is 0 Å². The van der Waals surface area contributed by atoms with Crippen LogP contribution >= 0.6 is 0 Å². The van der Waals surface area contributed by atoms with Crippen LogP contribution in [0.5, 0.6) is 5.88 Å². The topological polar surface area (TPSA) is 87.8 Å². The molecule has 0 spiro atoms. The Kier molecular flexibility index (Phi) is 5.11. The fourth-order valence-electron chi connectivity index (χ4n) is 3.04. The van der Waals surface area contributed by atoms with Crippen LogP contribution in [-0.2, 0) is 11.5 Å². The lowest BCUT2D eigenvalue weighted by Gasteiger charge is -2.15. The molecule has 3 aromatic heterocycles. The van der Waals surface area contributed by atoms with Crippen molar-refractivity contribution in [2.75, 3.05) is 13.7 Å². The third kappa shape index (κ3) is 4.05. The number of hydrogen-bond donors (Lipinski definition) is 0. The first-order chi connectivity index (χ1) is 13.5. The van der Waals surface area contributed by atoms with Crippen LogP contribution in [0, 0.1) is 0 Å². The smallest absolute Gasteiger partial charge is 0.227 e. The molecule has 28 heavy (non-hydrogen) atoms. The zero-order chi connectivity index (χ0) is 19.7. The van der Waals surface area contributed by atoms with Gasteiger partial charge in [-0.1, -0.05) is 19.6 Å². The number of fused-ring (bicyclic) bond motifs is 1. The molecule has 0 aliphatic heterocycles. The van der Waals surface area contributed by atoms with Gasteiger partial charge in [0, 0.05) is 20.6 Å². The molecule has 1 aliphatic rings. The Hall–Kier alpha value is -2.39. The van der Waals surface area contributed by atoms with E-state index in [1.807, 2.05) is 0 Å². The Labute approximate surface area is 165 Å². The second-order valence-electron chi connectivity index (χ2n) is 8.37. The monoisotopic (exact) mass is 398 g/mol. The Morgan fingerprint density at radius 2 is 1.96 bits per heavy atom. The van der Waals surface area contributed by atoms with Gasteiger partial charge in [0.15, 0.2) is 5.82 Å². The summed E-state index contributed by atoms with van der Waals surface area (Å²) in [5, 5.41) is 4.41. The van der Waals surface area contributed by atoms with Gasteiger partial charge in [-0.15, -0.1) is 0 Å². The minimum absolute atomic E-state index is 0.405. The molecule has 4 rings (SSSR count). The minimum Gasteiger partial charge on any atom is -0.480 e. The molecule has 9 heteroatoms. The van der Waals surface area contributed by atoms with Gasteiger partial charge in [0.25, 0.3) is 0 Å². The summed E-state index contributed by atoms with van der Waals surface area (Å²) in [6, 6.07) is 1.13. The highest BCUT2D eigenvalue weighted by molar-refractivity contribution is 6.76. The van der Waals surface area contributed by atoms with E-state index >= 15 is 0 Å². The van der Waals surface area contributed by atoms with E-state index in [1.54, 1.807) is 30.5 Å². The molecule has 0 amide bonds. The maximum atomic E-state index is 5.81. The normalized spacial score (nSPS) is 14.6. The standard InChI is InChI=1S/C19H26N6O2Si/c1-26-19-16(17(13-5-6-13)21-11-22-19)18-20-10-15-14(24-18)9-23-25(15)12-27-7-8-28(2,3)4/h9-11,13H,5-8,12H2,1-4H3. The largest absolute Gasteiger partial charge is 0.480 e. The van der Waals surface area contributed by atoms with Crippen molar-refractivity contribution in [3.8, 4) is 17.3 Å². The predicted molar refractivity (Wildman–Crippen MR) is 109 cm³/mol. The van der Waals surface area contributed by atoms with Gasteiger partial charge >= 0.3 is 0 Å². The SMILES string of the molecule is COc1ncnc(C2CC2)c1-c1ncc2c(cnn2COCC[Si](C)(C)C)n1. The van der Waals surface area contributed by atoms with Crippen LogP contribution in [0.15, 0.2) is 18.7 Å². The van der Waals surface area contributed by atoms with E-state index in [0.29, 0.717) is 24.4 Å². The lowest BCUT2D eigenvalue weighted by molar-refractivity contribution is 0.0816. The molecule has 0 saturated heterocycles. The highest BCUT2D eigenvalue weighted by atomic mass is 28.3. The molecule has 1 aliphatic carbocycles. The number of nitrogens with zero attached hydrogens (tertiary/aromatic N) is 6. The predicted octanol–water partition coefficient (Wildman–Crippen LogP) is 3.48. The number of methoxy groups -OCH3 is 1. The third-order valence-electron chi connectivity index (χ3n) is 4.83. The highest BCUT2D eigenvalue weighted by Crippen LogP contribution is 2.44. The summed E-state index contributed by atoms with van der Waals surface area (Å²) >= 11 is 0. The Morgan fingerprint density at radius 3 is 2.68 bits per heavy atom. The Bertz CT molecular complexity index is 980. The van der Waals surface area contributed by atoms with Gasteiger partial charge in [-0.3, -0.25) is 0 Å². The van der Waals surface area contributed by atoms with Gasteiger partial charge in [-0.05, 0) is 18.9 Å². The van der Waals surface area contributed by atoms with Crippen molar-refractivity contribution in [1.82, 2.24) is 29.7 Å². The van der Waals surface area contributed by atoms with Crippen molar-refractivity contribution in [1.29, 1.82) is 0 Å². The molecule has 3 heterocycles. The molecule has 1 fully saturated rings. The summed E-state index contributed by atoms with van der Waals surface area (Å²) in [6.07, 6.45) is 7.33. The molecule has 0 radical (unpaired) electrons. The fraction of sp³-hybridized carbons (Fsp3) is 0.526. The molecule has 0 atom stereocenters. The average Bonchev–Trinajstić information content (AvgIpc) is 3.44. The van der Waals surface area contributed by atoms with Crippen molar-refractivity contribution in [3.05, 3.63) is 24.4 Å². The van der Waals surface area contributed by atoms with E-state index in [-0.39, 0.29) is 0 Å². The van der Waals surface area contributed by atoms with Crippen LogP contribution in [0.1, 0.15) is 24.5 Å². The molecule has 0 unspecified atom stereocenters. The van der Waals surface area contributed by atoms with Gasteiger partial charge in [0.1, 0.15) is 29.7 Å². The summed E-state index contributed by atoms with van der Waals surface area (Å²) < 4.78 is 13.1. The van der Waals surface area contributed by atoms with Gasteiger partial charge in [-0.2, -0.15) is 5.10 Å². The van der Waals surface area contributed by atoms with E-state index in [2.05, 4.69) is 39.7 Å². The van der Waals surface area contributed by atoms with Crippen LogP contribution in [0.3, 0.4) is 0 Å². The van der Waals surface area contributed by atoms with Gasteiger partial charge in [-0.25, -0.2) is 24.6 Å². The number of ether oxygens (including phenoxy) is 2. The fourth-order valence-corrected chi connectivity index (χ4v) is 3.79. The maximum Gasteiger partial charge on any atom is 0.227 e. The van der Waals surface area contributed by atoms with Crippen molar-refractivity contribution >= 4 is 19.1 Å². The lowest BCUT2D eigenvalue weighted by atomic mass is 10.1. The van der Waals surface area contributed by atoms with Crippen LogP contribution in [0.2, 0.25) is 25.7 Å². The second-order valence-corrected chi connectivity index (χ2v) is 14.0. The first-order valence-electron chi connectivity index (χ1n) is 9.62. The number of hydrogen-bond acceptors (Lipinski definition) is 7. The highest BCUT2D eigenvalue weighted by Gasteiger charge is 2.31. The van der Waals surface area contributed by atoms with Crippen molar-refractivity contribution in [3.63, 3.8) is 0 Å². The van der Waals surface area contributed by atoms with Crippen LogP contribution in [0.25, 0.3) is 22.4 Å². The van der Waals surface area contributed by atoms with E-state index in [9.17, 15) is 0 Å². The molecular weight excluding hydrogens is 372 g/mol. The lowest BCUT2D eigenvalue weighted by Crippen LogP contribution is -2.22. The summed E-state index contributed by atoms with van der Waals surface area (Å²) in [6.45, 7) is 8.17. The maximum absolute atomic E-state index is 5.81. The molecule has 0 N–H and O–H groups in total. The number of rotatable bonds is 8. The third-order valence-corrected chi connectivity index (χ3v) is 6.53. The molecule has 8 nitrogen and oxygen atoms in total. The number of aromatic nitrogens is 6. The van der Waals surface area contributed by atoms with E-state index in [0.717, 1.165) is 47.8 Å². The van der Waals surface area contributed by atoms with Gasteiger partial charge in [0.2, 0.25) is 5.88 Å². The summed E-state index contributed by atoms with van der Waals surface area (Å²) in [5.41, 5.74) is 3.37. The first kappa shape index (κ1) is 18.9. The van der Waals surface area contributed by atoms with E-state index in [4.69, 9.17) is 14.5 Å². The summed E-state index contributed by atoms with van der Waals surface area (Å²) in [4.78, 5) is 18.0. The quantitative estimate of drug-likeness (QED) is 0.424. The van der Waals surface area contributed by atoms with Crippen LogP contribution in [-0.4, -0.2) is 51.5 Å². The molecule has 0 aromatic carbocycles. The molecule has 148 valence electrons.